The van der Waals surface area contributed by atoms with Crippen LogP contribution in [0.1, 0.15) is 17.3 Å². The molecule has 0 aliphatic heterocycles. The van der Waals surface area contributed by atoms with Crippen LogP contribution in [0.5, 0.6) is 5.75 Å². The molecular weight excluding hydrogens is 373 g/mol. The molecule has 0 radical (unpaired) electrons. The van der Waals surface area contributed by atoms with E-state index in [-0.39, 0.29) is 11.4 Å². The molecule has 0 aliphatic rings. The molecular formula is C19H15ClFN3O3. The van der Waals surface area contributed by atoms with Crippen LogP contribution >= 0.6 is 11.6 Å². The van der Waals surface area contributed by atoms with Crippen LogP contribution in [0.4, 0.5) is 15.8 Å². The van der Waals surface area contributed by atoms with Gasteiger partial charge in [-0.25, -0.2) is 0 Å². The lowest BCUT2D eigenvalue weighted by Crippen LogP contribution is -2.15. The van der Waals surface area contributed by atoms with Gasteiger partial charge in [0.15, 0.2) is 0 Å². The van der Waals surface area contributed by atoms with Gasteiger partial charge < -0.3 is 10.1 Å². The number of halogens is 2. The van der Waals surface area contributed by atoms with E-state index in [0.29, 0.717) is 10.7 Å². The molecule has 0 amide bonds. The normalized spacial score (nSPS) is 11.7. The molecule has 6 nitrogen and oxygen atoms in total. The molecule has 8 heteroatoms. The van der Waals surface area contributed by atoms with Crippen molar-refractivity contribution in [2.45, 2.75) is 6.04 Å². The Bertz CT molecular complexity index is 970. The minimum atomic E-state index is -0.993. The Morgan fingerprint density at radius 2 is 2.04 bits per heavy atom. The zero-order valence-corrected chi connectivity index (χ0v) is 15.0. The minimum Gasteiger partial charge on any atom is -0.497 e. The standard InChI is InChI=1S/C19H15ClFN3O3/c1-27-14-10-15(21)19(24(25)26)17(11-14)23-18(16-7-2-3-8-22-16)12-5-4-6-13(20)9-12/h2-11,18,23H,1H3. The smallest absolute Gasteiger partial charge is 0.327 e. The maximum Gasteiger partial charge on any atom is 0.327 e. The third kappa shape index (κ3) is 4.15. The first-order valence-electron chi connectivity index (χ1n) is 7.94. The largest absolute Gasteiger partial charge is 0.497 e. The Morgan fingerprint density at radius 1 is 1.22 bits per heavy atom. The fourth-order valence-corrected chi connectivity index (χ4v) is 2.90. The topological polar surface area (TPSA) is 77.3 Å². The Morgan fingerprint density at radius 3 is 2.67 bits per heavy atom. The van der Waals surface area contributed by atoms with Crippen LogP contribution in [0.3, 0.4) is 0 Å². The quantitative estimate of drug-likeness (QED) is 0.476. The van der Waals surface area contributed by atoms with Crippen molar-refractivity contribution >= 4 is 23.0 Å². The number of nitro benzene ring substituents is 1. The molecule has 1 heterocycles. The van der Waals surface area contributed by atoms with E-state index >= 15 is 0 Å². The maximum atomic E-state index is 14.3. The van der Waals surface area contributed by atoms with Crippen molar-refractivity contribution in [3.63, 3.8) is 0 Å². The number of pyridine rings is 1. The van der Waals surface area contributed by atoms with Gasteiger partial charge in [0.1, 0.15) is 11.4 Å². The van der Waals surface area contributed by atoms with E-state index in [2.05, 4.69) is 10.3 Å². The minimum absolute atomic E-state index is 0.0209. The molecule has 138 valence electrons. The van der Waals surface area contributed by atoms with Gasteiger partial charge in [-0.2, -0.15) is 4.39 Å². The predicted octanol–water partition coefficient (Wildman–Crippen LogP) is 4.99. The first-order chi connectivity index (χ1) is 13.0. The highest BCUT2D eigenvalue weighted by molar-refractivity contribution is 6.30. The van der Waals surface area contributed by atoms with E-state index in [9.17, 15) is 14.5 Å². The Kier molecular flexibility index (Phi) is 5.52. The lowest BCUT2D eigenvalue weighted by molar-refractivity contribution is -0.386. The lowest BCUT2D eigenvalue weighted by atomic mass is 10.0. The van der Waals surface area contributed by atoms with Gasteiger partial charge >= 0.3 is 5.69 Å². The van der Waals surface area contributed by atoms with Crippen molar-refractivity contribution < 1.29 is 14.1 Å². The number of benzene rings is 2. The van der Waals surface area contributed by atoms with E-state index < -0.39 is 22.5 Å². The molecule has 3 aromatic rings. The number of nitrogens with one attached hydrogen (secondary N) is 1. The molecule has 27 heavy (non-hydrogen) atoms. The Hall–Kier alpha value is -3.19. The zero-order valence-electron chi connectivity index (χ0n) is 14.2. The van der Waals surface area contributed by atoms with Crippen LogP contribution in [0.15, 0.2) is 60.8 Å². The van der Waals surface area contributed by atoms with Crippen LogP contribution in [0.2, 0.25) is 5.02 Å². The maximum absolute atomic E-state index is 14.3. The lowest BCUT2D eigenvalue weighted by Gasteiger charge is -2.20. The Labute approximate surface area is 159 Å². The van der Waals surface area contributed by atoms with Crippen LogP contribution in [0, 0.1) is 15.9 Å². The number of hydrogen-bond donors (Lipinski definition) is 1. The van der Waals surface area contributed by atoms with E-state index in [1.807, 2.05) is 0 Å². The Balaban J connectivity index is 2.13. The molecule has 0 spiro atoms. The van der Waals surface area contributed by atoms with Gasteiger partial charge in [0, 0.05) is 23.4 Å². The van der Waals surface area contributed by atoms with Crippen molar-refractivity contribution in [2.24, 2.45) is 0 Å². The first-order valence-corrected chi connectivity index (χ1v) is 8.32. The number of hydrogen-bond acceptors (Lipinski definition) is 5. The summed E-state index contributed by atoms with van der Waals surface area (Å²) in [5.41, 5.74) is 0.627. The molecule has 0 saturated carbocycles. The van der Waals surface area contributed by atoms with Crippen LogP contribution in [-0.4, -0.2) is 17.0 Å². The van der Waals surface area contributed by atoms with Gasteiger partial charge in [-0.05, 0) is 29.8 Å². The summed E-state index contributed by atoms with van der Waals surface area (Å²) in [7, 11) is 1.36. The predicted molar refractivity (Wildman–Crippen MR) is 101 cm³/mol. The van der Waals surface area contributed by atoms with E-state index in [1.165, 1.54) is 13.2 Å². The summed E-state index contributed by atoms with van der Waals surface area (Å²) < 4.78 is 19.3. The van der Waals surface area contributed by atoms with E-state index in [0.717, 1.165) is 11.6 Å². The van der Waals surface area contributed by atoms with E-state index in [1.54, 1.807) is 48.7 Å². The number of ether oxygens (including phenoxy) is 1. The average Bonchev–Trinajstić information content (AvgIpc) is 2.66. The molecule has 0 aliphatic carbocycles. The van der Waals surface area contributed by atoms with Crippen molar-refractivity contribution in [1.29, 1.82) is 0 Å². The van der Waals surface area contributed by atoms with Crippen LogP contribution < -0.4 is 10.1 Å². The van der Waals surface area contributed by atoms with Gasteiger partial charge in [-0.3, -0.25) is 15.1 Å². The third-order valence-corrected chi connectivity index (χ3v) is 4.16. The second-order valence-electron chi connectivity index (χ2n) is 5.65. The molecule has 1 unspecified atom stereocenters. The summed E-state index contributed by atoms with van der Waals surface area (Å²) in [6, 6.07) is 14.1. The van der Waals surface area contributed by atoms with Crippen LogP contribution in [-0.2, 0) is 0 Å². The van der Waals surface area contributed by atoms with Crippen molar-refractivity contribution in [3.05, 3.63) is 93.0 Å². The summed E-state index contributed by atoms with van der Waals surface area (Å²) in [4.78, 5) is 14.9. The van der Waals surface area contributed by atoms with Gasteiger partial charge in [0.2, 0.25) is 5.82 Å². The highest BCUT2D eigenvalue weighted by Crippen LogP contribution is 2.36. The SMILES string of the molecule is COc1cc(F)c([N+](=O)[O-])c(NC(c2cccc(Cl)c2)c2ccccn2)c1. The number of nitrogens with zero attached hydrogens (tertiary/aromatic N) is 2. The highest BCUT2D eigenvalue weighted by Gasteiger charge is 2.26. The monoisotopic (exact) mass is 387 g/mol. The zero-order chi connectivity index (χ0) is 19.4. The second-order valence-corrected chi connectivity index (χ2v) is 6.09. The fourth-order valence-electron chi connectivity index (χ4n) is 2.70. The average molecular weight is 388 g/mol. The summed E-state index contributed by atoms with van der Waals surface area (Å²) in [6.45, 7) is 0. The number of rotatable bonds is 6. The van der Waals surface area contributed by atoms with Gasteiger partial charge in [0.25, 0.3) is 0 Å². The fraction of sp³-hybridized carbons (Fsp3) is 0.105. The molecule has 3 rings (SSSR count). The van der Waals surface area contributed by atoms with Crippen molar-refractivity contribution in [3.8, 4) is 5.75 Å². The molecule has 0 fully saturated rings. The number of aromatic nitrogens is 1. The summed E-state index contributed by atoms with van der Waals surface area (Å²) >= 11 is 6.10. The number of nitro groups is 1. The van der Waals surface area contributed by atoms with Crippen LogP contribution in [0.25, 0.3) is 0 Å². The molecule has 2 aromatic carbocycles. The highest BCUT2D eigenvalue weighted by atomic mass is 35.5. The molecule has 1 atom stereocenters. The number of methoxy groups -OCH3 is 1. The van der Waals surface area contributed by atoms with Crippen molar-refractivity contribution in [2.75, 3.05) is 12.4 Å². The summed E-state index contributed by atoms with van der Waals surface area (Å²) in [5.74, 6) is -0.834. The van der Waals surface area contributed by atoms with Gasteiger partial charge in [-0.1, -0.05) is 29.8 Å². The third-order valence-electron chi connectivity index (χ3n) is 3.92. The van der Waals surface area contributed by atoms with Crippen molar-refractivity contribution in [1.82, 2.24) is 4.98 Å². The molecule has 1 N–H and O–H groups in total. The summed E-state index contributed by atoms with van der Waals surface area (Å²) in [6.07, 6.45) is 1.61. The molecule has 0 saturated heterocycles. The molecule has 0 bridgehead atoms. The van der Waals surface area contributed by atoms with Gasteiger partial charge in [-0.15, -0.1) is 0 Å². The van der Waals surface area contributed by atoms with Gasteiger partial charge in [0.05, 0.1) is 23.8 Å². The molecule has 1 aromatic heterocycles. The first kappa shape index (κ1) is 18.6. The number of anilines is 1. The van der Waals surface area contributed by atoms with E-state index in [4.69, 9.17) is 16.3 Å². The summed E-state index contributed by atoms with van der Waals surface area (Å²) in [5, 5.41) is 14.9. The second kappa shape index (κ2) is 8.01.